The molecule has 0 bridgehead atoms. The van der Waals surface area contributed by atoms with Gasteiger partial charge in [0, 0.05) is 16.6 Å². The minimum atomic E-state index is -0.382. The molecule has 0 spiro atoms. The highest BCUT2D eigenvalue weighted by Crippen LogP contribution is 2.20. The third-order valence-electron chi connectivity index (χ3n) is 2.31. The lowest BCUT2D eigenvalue weighted by Crippen LogP contribution is -2.31. The van der Waals surface area contributed by atoms with Gasteiger partial charge in [-0.2, -0.15) is 0 Å². The number of hydrogen-bond donors (Lipinski definition) is 3. The third-order valence-corrected chi connectivity index (χ3v) is 3.05. The van der Waals surface area contributed by atoms with Crippen molar-refractivity contribution in [3.05, 3.63) is 33.8 Å². The first kappa shape index (κ1) is 14.6. The van der Waals surface area contributed by atoms with Gasteiger partial charge in [-0.15, -0.1) is 0 Å². The SMILES string of the molecule is CN(CC(N)=O)Cc1ccc(C(=O)NN)cc1Br. The number of amides is 2. The zero-order chi connectivity index (χ0) is 13.7. The molecule has 0 heterocycles. The lowest BCUT2D eigenvalue weighted by Gasteiger charge is -2.16. The second-order valence-corrected chi connectivity index (χ2v) is 4.77. The molecular weight excluding hydrogens is 300 g/mol. The summed E-state index contributed by atoms with van der Waals surface area (Å²) < 4.78 is 0.778. The summed E-state index contributed by atoms with van der Waals surface area (Å²) >= 11 is 3.38. The monoisotopic (exact) mass is 314 g/mol. The lowest BCUT2D eigenvalue weighted by atomic mass is 10.1. The number of nitrogens with zero attached hydrogens (tertiary/aromatic N) is 1. The number of likely N-dealkylation sites (N-methyl/N-ethyl adjacent to an activating group) is 1. The van der Waals surface area contributed by atoms with Gasteiger partial charge in [-0.3, -0.25) is 19.9 Å². The molecule has 0 unspecified atom stereocenters. The predicted octanol–water partition coefficient (Wildman–Crippen LogP) is -0.0303. The Balaban J connectivity index is 2.79. The average molecular weight is 315 g/mol. The van der Waals surface area contributed by atoms with Crippen molar-refractivity contribution in [3.8, 4) is 0 Å². The summed E-state index contributed by atoms with van der Waals surface area (Å²) in [5.41, 5.74) is 8.59. The Labute approximate surface area is 113 Å². The van der Waals surface area contributed by atoms with Crippen LogP contribution in [-0.2, 0) is 11.3 Å². The summed E-state index contributed by atoms with van der Waals surface area (Å²) in [5.74, 6) is 4.32. The fourth-order valence-electron chi connectivity index (χ4n) is 1.51. The Morgan fingerprint density at radius 3 is 2.61 bits per heavy atom. The first-order valence-electron chi connectivity index (χ1n) is 5.20. The van der Waals surface area contributed by atoms with E-state index in [2.05, 4.69) is 21.4 Å². The summed E-state index contributed by atoms with van der Waals surface area (Å²) in [6.45, 7) is 0.728. The van der Waals surface area contributed by atoms with E-state index < -0.39 is 0 Å². The number of hydrazine groups is 1. The Morgan fingerprint density at radius 1 is 1.44 bits per heavy atom. The number of primary amides is 1. The van der Waals surface area contributed by atoms with Crippen LogP contribution in [0.1, 0.15) is 15.9 Å². The van der Waals surface area contributed by atoms with Crippen molar-refractivity contribution >= 4 is 27.7 Å². The highest BCUT2D eigenvalue weighted by atomic mass is 79.9. The molecule has 0 saturated carbocycles. The van der Waals surface area contributed by atoms with Gasteiger partial charge in [0.15, 0.2) is 0 Å². The van der Waals surface area contributed by atoms with Crippen LogP contribution in [-0.4, -0.2) is 30.3 Å². The fourth-order valence-corrected chi connectivity index (χ4v) is 2.02. The second kappa shape index (κ2) is 6.48. The molecule has 5 N–H and O–H groups in total. The number of benzene rings is 1. The van der Waals surface area contributed by atoms with Gasteiger partial charge in [0.25, 0.3) is 5.91 Å². The molecule has 0 aliphatic carbocycles. The summed E-state index contributed by atoms with van der Waals surface area (Å²) in [7, 11) is 1.79. The highest BCUT2D eigenvalue weighted by molar-refractivity contribution is 9.10. The maximum absolute atomic E-state index is 11.3. The van der Waals surface area contributed by atoms with Crippen molar-refractivity contribution in [3.63, 3.8) is 0 Å². The Kier molecular flexibility index (Phi) is 5.26. The second-order valence-electron chi connectivity index (χ2n) is 3.92. The van der Waals surface area contributed by atoms with Gasteiger partial charge < -0.3 is 5.73 Å². The maximum atomic E-state index is 11.3. The lowest BCUT2D eigenvalue weighted by molar-refractivity contribution is -0.118. The van der Waals surface area contributed by atoms with E-state index in [4.69, 9.17) is 11.6 Å². The molecule has 0 atom stereocenters. The molecule has 1 aromatic carbocycles. The predicted molar refractivity (Wildman–Crippen MR) is 71.3 cm³/mol. The Hall–Kier alpha value is -1.44. The van der Waals surface area contributed by atoms with Gasteiger partial charge in [0.2, 0.25) is 5.91 Å². The summed E-state index contributed by atoms with van der Waals surface area (Å²) in [6, 6.07) is 5.14. The van der Waals surface area contributed by atoms with Gasteiger partial charge in [-0.25, -0.2) is 5.84 Å². The van der Waals surface area contributed by atoms with E-state index in [1.54, 1.807) is 30.1 Å². The van der Waals surface area contributed by atoms with Crippen molar-refractivity contribution in [2.45, 2.75) is 6.54 Å². The van der Waals surface area contributed by atoms with Crippen molar-refractivity contribution in [2.75, 3.05) is 13.6 Å². The zero-order valence-electron chi connectivity index (χ0n) is 9.94. The van der Waals surface area contributed by atoms with E-state index in [1.807, 2.05) is 0 Å². The van der Waals surface area contributed by atoms with Crippen LogP contribution in [0.4, 0.5) is 0 Å². The summed E-state index contributed by atoms with van der Waals surface area (Å²) in [6.07, 6.45) is 0. The number of nitrogens with two attached hydrogens (primary N) is 2. The standard InChI is InChI=1S/C11H15BrN4O2/c1-16(6-10(13)17)5-8-3-2-7(4-9(8)12)11(18)15-14/h2-4H,5-6,14H2,1H3,(H2,13,17)(H,15,18). The Morgan fingerprint density at radius 2 is 2.11 bits per heavy atom. The molecule has 0 aliphatic heterocycles. The summed E-state index contributed by atoms with van der Waals surface area (Å²) in [5, 5.41) is 0. The van der Waals surface area contributed by atoms with E-state index in [-0.39, 0.29) is 18.4 Å². The maximum Gasteiger partial charge on any atom is 0.265 e. The summed E-state index contributed by atoms with van der Waals surface area (Å²) in [4.78, 5) is 23.9. The number of nitrogen functional groups attached to an aromatic ring is 1. The average Bonchev–Trinajstić information content (AvgIpc) is 2.29. The molecule has 2 amide bonds. The highest BCUT2D eigenvalue weighted by Gasteiger charge is 2.09. The van der Waals surface area contributed by atoms with Crippen LogP contribution in [0.5, 0.6) is 0 Å². The van der Waals surface area contributed by atoms with E-state index in [0.717, 1.165) is 10.0 Å². The van der Waals surface area contributed by atoms with E-state index in [9.17, 15) is 9.59 Å². The number of rotatable bonds is 5. The molecule has 0 saturated heterocycles. The topological polar surface area (TPSA) is 101 Å². The van der Waals surface area contributed by atoms with E-state index in [1.165, 1.54) is 0 Å². The van der Waals surface area contributed by atoms with Crippen LogP contribution in [0.3, 0.4) is 0 Å². The minimum absolute atomic E-state index is 0.178. The molecule has 0 aliphatic rings. The van der Waals surface area contributed by atoms with Crippen molar-refractivity contribution in [1.29, 1.82) is 0 Å². The quantitative estimate of drug-likeness (QED) is 0.403. The number of nitrogens with one attached hydrogen (secondary N) is 1. The zero-order valence-corrected chi connectivity index (χ0v) is 11.5. The van der Waals surface area contributed by atoms with Crippen LogP contribution in [0.15, 0.2) is 22.7 Å². The van der Waals surface area contributed by atoms with Crippen molar-refractivity contribution in [1.82, 2.24) is 10.3 Å². The van der Waals surface area contributed by atoms with Gasteiger partial charge in [-0.05, 0) is 24.7 Å². The van der Waals surface area contributed by atoms with Gasteiger partial charge in [0.1, 0.15) is 0 Å². The largest absolute Gasteiger partial charge is 0.369 e. The van der Waals surface area contributed by atoms with Crippen LogP contribution in [0.2, 0.25) is 0 Å². The molecule has 0 fully saturated rings. The molecule has 18 heavy (non-hydrogen) atoms. The Bertz CT molecular complexity index is 464. The molecule has 0 radical (unpaired) electrons. The minimum Gasteiger partial charge on any atom is -0.369 e. The number of halogens is 1. The van der Waals surface area contributed by atoms with Gasteiger partial charge >= 0.3 is 0 Å². The van der Waals surface area contributed by atoms with Crippen LogP contribution in [0, 0.1) is 0 Å². The van der Waals surface area contributed by atoms with Crippen molar-refractivity contribution in [2.24, 2.45) is 11.6 Å². The molecule has 0 aromatic heterocycles. The first-order valence-corrected chi connectivity index (χ1v) is 5.99. The van der Waals surface area contributed by atoms with Gasteiger partial charge in [0.05, 0.1) is 6.54 Å². The van der Waals surface area contributed by atoms with Gasteiger partial charge in [-0.1, -0.05) is 22.0 Å². The fraction of sp³-hybridized carbons (Fsp3) is 0.273. The molecule has 1 rings (SSSR count). The van der Waals surface area contributed by atoms with E-state index in [0.29, 0.717) is 12.1 Å². The molecule has 6 nitrogen and oxygen atoms in total. The first-order chi connectivity index (χ1) is 8.43. The molecule has 1 aromatic rings. The van der Waals surface area contributed by atoms with E-state index >= 15 is 0 Å². The molecular formula is C11H15BrN4O2. The van der Waals surface area contributed by atoms with Crippen LogP contribution < -0.4 is 17.0 Å². The third kappa shape index (κ3) is 4.10. The smallest absolute Gasteiger partial charge is 0.265 e. The van der Waals surface area contributed by atoms with Crippen molar-refractivity contribution < 1.29 is 9.59 Å². The normalized spacial score (nSPS) is 10.4. The number of carbonyl (C=O) groups excluding carboxylic acids is 2. The molecule has 7 heteroatoms. The number of carbonyl (C=O) groups is 2. The van der Waals surface area contributed by atoms with Crippen LogP contribution >= 0.6 is 15.9 Å². The van der Waals surface area contributed by atoms with Crippen LogP contribution in [0.25, 0.3) is 0 Å². The molecule has 98 valence electrons. The number of hydrogen-bond acceptors (Lipinski definition) is 4.